The molecule has 0 aromatic carbocycles. The molecule has 2 aromatic rings. The summed E-state index contributed by atoms with van der Waals surface area (Å²) < 4.78 is 5.88. The Morgan fingerprint density at radius 1 is 1.04 bits per heavy atom. The summed E-state index contributed by atoms with van der Waals surface area (Å²) >= 11 is 1.78. The van der Waals surface area contributed by atoms with Crippen molar-refractivity contribution in [3.05, 3.63) is 22.8 Å². The maximum absolute atomic E-state index is 5.88. The molecule has 1 saturated heterocycles. The average molecular weight is 374 g/mol. The normalized spacial score (nSPS) is 19.0. The second-order valence-electron chi connectivity index (χ2n) is 8.45. The minimum atomic E-state index is 0.0163. The van der Waals surface area contributed by atoms with E-state index in [1.807, 2.05) is 12.1 Å². The summed E-state index contributed by atoms with van der Waals surface area (Å²) in [5.41, 5.74) is 1.00. The van der Waals surface area contributed by atoms with Crippen LogP contribution in [0, 0.1) is 5.92 Å². The van der Waals surface area contributed by atoms with Crippen molar-refractivity contribution in [2.45, 2.75) is 57.8 Å². The number of hydrogen-bond donors (Lipinski definition) is 0. The van der Waals surface area contributed by atoms with Gasteiger partial charge in [-0.3, -0.25) is 0 Å². The Morgan fingerprint density at radius 3 is 2.42 bits per heavy atom. The van der Waals surface area contributed by atoms with Crippen molar-refractivity contribution in [3.8, 4) is 5.88 Å². The van der Waals surface area contributed by atoms with E-state index in [2.05, 4.69) is 46.1 Å². The second kappa shape index (κ2) is 7.10. The van der Waals surface area contributed by atoms with Gasteiger partial charge in [0.25, 0.3) is 0 Å². The fourth-order valence-electron chi connectivity index (χ4n) is 3.14. The zero-order chi connectivity index (χ0) is 18.1. The van der Waals surface area contributed by atoms with Crippen LogP contribution in [0.3, 0.4) is 0 Å². The van der Waals surface area contributed by atoms with Crippen LogP contribution in [0.25, 0.3) is 0 Å². The van der Waals surface area contributed by atoms with Gasteiger partial charge >= 0.3 is 0 Å². The molecule has 7 heteroatoms. The summed E-state index contributed by atoms with van der Waals surface area (Å²) in [5.74, 6) is 1.88. The highest BCUT2D eigenvalue weighted by atomic mass is 32.1. The number of piperidine rings is 1. The van der Waals surface area contributed by atoms with Gasteiger partial charge in [0.05, 0.1) is 12.3 Å². The summed E-state index contributed by atoms with van der Waals surface area (Å²) in [7, 11) is 0. The molecule has 1 saturated carbocycles. The highest BCUT2D eigenvalue weighted by Gasteiger charge is 2.29. The van der Waals surface area contributed by atoms with E-state index in [9.17, 15) is 0 Å². The van der Waals surface area contributed by atoms with Gasteiger partial charge < -0.3 is 9.64 Å². The fraction of sp³-hybridized carbons (Fsp3) is 0.684. The molecule has 3 heterocycles. The number of rotatable bonds is 5. The van der Waals surface area contributed by atoms with E-state index in [0.717, 1.165) is 36.8 Å². The van der Waals surface area contributed by atoms with Gasteiger partial charge in [-0.05, 0) is 37.7 Å². The Kier molecular flexibility index (Phi) is 4.82. The van der Waals surface area contributed by atoms with E-state index >= 15 is 0 Å². The molecular weight excluding hydrogens is 346 g/mol. The molecule has 0 amide bonds. The van der Waals surface area contributed by atoms with Crippen LogP contribution < -0.4 is 9.64 Å². The Morgan fingerprint density at radius 2 is 1.81 bits per heavy atom. The first kappa shape index (κ1) is 17.6. The van der Waals surface area contributed by atoms with Crippen molar-refractivity contribution in [1.29, 1.82) is 0 Å². The SMILES string of the molecule is CC(C)(C)c1ccc(OCC2CCN(c3nnc(C4CC4)s3)CC2)nn1. The van der Waals surface area contributed by atoms with Crippen LogP contribution >= 0.6 is 11.3 Å². The van der Waals surface area contributed by atoms with E-state index in [-0.39, 0.29) is 5.41 Å². The molecule has 6 nitrogen and oxygen atoms in total. The van der Waals surface area contributed by atoms with Gasteiger partial charge in [0.1, 0.15) is 5.01 Å². The summed E-state index contributed by atoms with van der Waals surface area (Å²) in [6, 6.07) is 3.95. The molecule has 0 spiro atoms. The van der Waals surface area contributed by atoms with Gasteiger partial charge in [-0.25, -0.2) is 0 Å². The van der Waals surface area contributed by atoms with Gasteiger partial charge in [0.2, 0.25) is 11.0 Å². The topological polar surface area (TPSA) is 64.0 Å². The Labute approximate surface area is 159 Å². The quantitative estimate of drug-likeness (QED) is 0.794. The van der Waals surface area contributed by atoms with Crippen molar-refractivity contribution < 1.29 is 4.74 Å². The van der Waals surface area contributed by atoms with Crippen molar-refractivity contribution in [3.63, 3.8) is 0 Å². The molecule has 140 valence electrons. The van der Waals surface area contributed by atoms with Crippen LogP contribution in [0.5, 0.6) is 5.88 Å². The van der Waals surface area contributed by atoms with Crippen LogP contribution in [-0.2, 0) is 5.41 Å². The lowest BCUT2D eigenvalue weighted by molar-refractivity contribution is 0.214. The van der Waals surface area contributed by atoms with Crippen molar-refractivity contribution >= 4 is 16.5 Å². The molecule has 0 radical (unpaired) electrons. The predicted molar refractivity (Wildman–Crippen MR) is 103 cm³/mol. The van der Waals surface area contributed by atoms with E-state index in [0.29, 0.717) is 24.3 Å². The molecular formula is C19H27N5OS. The average Bonchev–Trinajstić information content (AvgIpc) is 3.37. The molecule has 2 aromatic heterocycles. The van der Waals surface area contributed by atoms with Gasteiger partial charge in [-0.15, -0.1) is 15.3 Å². The summed E-state index contributed by atoms with van der Waals surface area (Å²) in [4.78, 5) is 2.37. The Hall–Kier alpha value is -1.76. The van der Waals surface area contributed by atoms with Gasteiger partial charge in [0.15, 0.2) is 0 Å². The van der Waals surface area contributed by atoms with Crippen molar-refractivity contribution in [2.24, 2.45) is 5.92 Å². The second-order valence-corrected chi connectivity index (χ2v) is 9.43. The first-order valence-corrected chi connectivity index (χ1v) is 10.4. The lowest BCUT2D eigenvalue weighted by Gasteiger charge is -2.31. The first-order chi connectivity index (χ1) is 12.5. The van der Waals surface area contributed by atoms with Crippen LogP contribution in [0.4, 0.5) is 5.13 Å². The van der Waals surface area contributed by atoms with Crippen molar-refractivity contribution in [2.75, 3.05) is 24.6 Å². The number of anilines is 1. The molecule has 1 aliphatic heterocycles. The first-order valence-electron chi connectivity index (χ1n) is 9.54. The highest BCUT2D eigenvalue weighted by Crippen LogP contribution is 2.42. The molecule has 0 N–H and O–H groups in total. The van der Waals surface area contributed by atoms with Crippen LogP contribution in [0.1, 0.15) is 63.1 Å². The molecule has 26 heavy (non-hydrogen) atoms. The number of ether oxygens (including phenoxy) is 1. The van der Waals surface area contributed by atoms with E-state index in [1.165, 1.54) is 17.8 Å². The van der Waals surface area contributed by atoms with Gasteiger partial charge in [-0.2, -0.15) is 5.10 Å². The molecule has 2 fully saturated rings. The zero-order valence-corrected chi connectivity index (χ0v) is 16.6. The minimum Gasteiger partial charge on any atom is -0.476 e. The van der Waals surface area contributed by atoms with Crippen molar-refractivity contribution in [1.82, 2.24) is 20.4 Å². The van der Waals surface area contributed by atoms with Gasteiger partial charge in [0, 0.05) is 30.5 Å². The Balaban J connectivity index is 1.24. The summed E-state index contributed by atoms with van der Waals surface area (Å²) in [6.07, 6.45) is 4.80. The number of hydrogen-bond acceptors (Lipinski definition) is 7. The third kappa shape index (κ3) is 4.14. The number of nitrogens with zero attached hydrogens (tertiary/aromatic N) is 5. The van der Waals surface area contributed by atoms with Crippen LogP contribution in [-0.4, -0.2) is 40.1 Å². The molecule has 1 aliphatic carbocycles. The van der Waals surface area contributed by atoms with Crippen LogP contribution in [0.2, 0.25) is 0 Å². The maximum Gasteiger partial charge on any atom is 0.233 e. The largest absolute Gasteiger partial charge is 0.476 e. The summed E-state index contributed by atoms with van der Waals surface area (Å²) in [6.45, 7) is 9.18. The lowest BCUT2D eigenvalue weighted by Crippen LogP contribution is -2.35. The Bertz CT molecular complexity index is 727. The third-order valence-corrected chi connectivity index (χ3v) is 6.26. The van der Waals surface area contributed by atoms with E-state index < -0.39 is 0 Å². The maximum atomic E-state index is 5.88. The number of aromatic nitrogens is 4. The smallest absolute Gasteiger partial charge is 0.233 e. The zero-order valence-electron chi connectivity index (χ0n) is 15.8. The standard InChI is InChI=1S/C19H27N5OS/c1-19(2,3)15-6-7-16(21-20-15)25-12-13-8-10-24(11-9-13)18-23-22-17(26-18)14-4-5-14/h6-7,13-14H,4-5,8-12H2,1-3H3. The van der Waals surface area contributed by atoms with Crippen LogP contribution in [0.15, 0.2) is 12.1 Å². The van der Waals surface area contributed by atoms with E-state index in [1.54, 1.807) is 11.3 Å². The molecule has 0 unspecified atom stereocenters. The molecule has 0 atom stereocenters. The summed E-state index contributed by atoms with van der Waals surface area (Å²) in [5, 5.41) is 19.6. The predicted octanol–water partition coefficient (Wildman–Crippen LogP) is 3.80. The molecule has 4 rings (SSSR count). The molecule has 2 aliphatic rings. The highest BCUT2D eigenvalue weighted by molar-refractivity contribution is 7.15. The van der Waals surface area contributed by atoms with E-state index in [4.69, 9.17) is 4.74 Å². The fourth-order valence-corrected chi connectivity index (χ4v) is 4.21. The lowest BCUT2D eigenvalue weighted by atomic mass is 9.92. The monoisotopic (exact) mass is 373 g/mol. The van der Waals surface area contributed by atoms with Gasteiger partial charge in [-0.1, -0.05) is 32.1 Å². The third-order valence-electron chi connectivity index (χ3n) is 5.12. The minimum absolute atomic E-state index is 0.0163. The molecule has 0 bridgehead atoms.